The number of unbranched alkanes of at least 4 members (excludes halogenated alkanes) is 2. The average molecular weight is 287 g/mol. The second-order valence-corrected chi connectivity index (χ2v) is 4.93. The van der Waals surface area contributed by atoms with E-state index in [-0.39, 0.29) is 6.42 Å². The van der Waals surface area contributed by atoms with E-state index in [1.165, 1.54) is 6.08 Å². The van der Waals surface area contributed by atoms with Gasteiger partial charge in [-0.05, 0) is 12.8 Å². The van der Waals surface area contributed by atoms with Crippen molar-refractivity contribution in [3.63, 3.8) is 0 Å². The molecule has 0 radical (unpaired) electrons. The van der Waals surface area contributed by atoms with Crippen molar-refractivity contribution in [3.05, 3.63) is 41.5 Å². The van der Waals surface area contributed by atoms with E-state index >= 15 is 0 Å². The van der Waals surface area contributed by atoms with Crippen LogP contribution in [0.3, 0.4) is 0 Å². The van der Waals surface area contributed by atoms with E-state index < -0.39 is 17.5 Å². The molecule has 21 heavy (non-hydrogen) atoms. The van der Waals surface area contributed by atoms with Crippen LogP contribution in [-0.4, -0.2) is 29.2 Å². The Morgan fingerprint density at radius 1 is 1.05 bits per heavy atom. The summed E-state index contributed by atoms with van der Waals surface area (Å²) in [5.74, 6) is -1.77. The molecule has 110 valence electrons. The summed E-state index contributed by atoms with van der Waals surface area (Å²) >= 11 is 0. The molecule has 1 aromatic rings. The Bertz CT molecular complexity index is 604. The Hall–Kier alpha value is -2.43. The smallest absolute Gasteiger partial charge is 0.303 e. The van der Waals surface area contributed by atoms with Gasteiger partial charge in [0.1, 0.15) is 0 Å². The highest BCUT2D eigenvalue weighted by atomic mass is 16.4. The highest BCUT2D eigenvalue weighted by Gasteiger charge is 2.24. The van der Waals surface area contributed by atoms with Crippen molar-refractivity contribution in [2.24, 2.45) is 0 Å². The van der Waals surface area contributed by atoms with E-state index in [1.54, 1.807) is 12.1 Å². The van der Waals surface area contributed by atoms with Crippen molar-refractivity contribution < 1.29 is 19.5 Å². The molecule has 5 heteroatoms. The van der Waals surface area contributed by atoms with E-state index in [9.17, 15) is 14.4 Å². The Kier molecular flexibility index (Phi) is 4.87. The van der Waals surface area contributed by atoms with Crippen LogP contribution in [0.25, 0.3) is 5.70 Å². The SMILES string of the molecule is O=C(O)CCCCCNC1=CC(=O)C(=O)c2ccccc21. The average Bonchev–Trinajstić information content (AvgIpc) is 2.47. The zero-order chi connectivity index (χ0) is 15.2. The molecular weight excluding hydrogens is 270 g/mol. The second-order valence-electron chi connectivity index (χ2n) is 4.93. The van der Waals surface area contributed by atoms with Gasteiger partial charge in [-0.2, -0.15) is 0 Å². The lowest BCUT2D eigenvalue weighted by Crippen LogP contribution is -2.24. The first-order valence-corrected chi connectivity index (χ1v) is 6.95. The molecule has 2 N–H and O–H groups in total. The van der Waals surface area contributed by atoms with Gasteiger partial charge in [-0.3, -0.25) is 14.4 Å². The molecule has 0 saturated heterocycles. The lowest BCUT2D eigenvalue weighted by atomic mass is 9.93. The number of hydrogen-bond donors (Lipinski definition) is 2. The van der Waals surface area contributed by atoms with Gasteiger partial charge in [-0.15, -0.1) is 0 Å². The predicted octanol–water partition coefficient (Wildman–Crippen LogP) is 2.03. The topological polar surface area (TPSA) is 83.5 Å². The fraction of sp³-hybridized carbons (Fsp3) is 0.312. The van der Waals surface area contributed by atoms with Crippen LogP contribution in [0.2, 0.25) is 0 Å². The standard InChI is InChI=1S/C16H17NO4/c18-14-10-13(17-9-5-1-2-8-15(19)20)11-6-3-4-7-12(11)16(14)21/h3-4,6-7,10,17H,1-2,5,8-9H2,(H,19,20). The van der Waals surface area contributed by atoms with Crippen LogP contribution in [0.4, 0.5) is 0 Å². The fourth-order valence-electron chi connectivity index (χ4n) is 2.27. The molecule has 0 aromatic heterocycles. The minimum Gasteiger partial charge on any atom is -0.481 e. The molecule has 2 rings (SSSR count). The quantitative estimate of drug-likeness (QED) is 0.592. The van der Waals surface area contributed by atoms with E-state index in [1.807, 2.05) is 12.1 Å². The summed E-state index contributed by atoms with van der Waals surface area (Å²) in [5.41, 5.74) is 1.83. The van der Waals surface area contributed by atoms with Crippen LogP contribution in [-0.2, 0) is 9.59 Å². The van der Waals surface area contributed by atoms with Crippen molar-refractivity contribution in [2.75, 3.05) is 6.54 Å². The van der Waals surface area contributed by atoms with Crippen LogP contribution in [0.15, 0.2) is 30.3 Å². The molecule has 0 saturated carbocycles. The lowest BCUT2D eigenvalue weighted by Gasteiger charge is -2.17. The van der Waals surface area contributed by atoms with Crippen LogP contribution in [0.1, 0.15) is 41.6 Å². The van der Waals surface area contributed by atoms with E-state index in [2.05, 4.69) is 5.32 Å². The minimum absolute atomic E-state index is 0.179. The summed E-state index contributed by atoms with van der Waals surface area (Å²) in [6.45, 7) is 0.640. The van der Waals surface area contributed by atoms with Gasteiger partial charge in [0.2, 0.25) is 11.6 Å². The molecule has 0 heterocycles. The van der Waals surface area contributed by atoms with E-state index in [0.717, 1.165) is 18.4 Å². The van der Waals surface area contributed by atoms with Crippen molar-refractivity contribution in [1.29, 1.82) is 0 Å². The highest BCUT2D eigenvalue weighted by molar-refractivity contribution is 6.50. The Morgan fingerprint density at radius 2 is 1.76 bits per heavy atom. The van der Waals surface area contributed by atoms with Gasteiger partial charge < -0.3 is 10.4 Å². The number of allylic oxidation sites excluding steroid dienone is 1. The first kappa shape index (κ1) is 15.0. The number of rotatable bonds is 7. The summed E-state index contributed by atoms with van der Waals surface area (Å²) in [7, 11) is 0. The van der Waals surface area contributed by atoms with Crippen molar-refractivity contribution in [1.82, 2.24) is 5.32 Å². The van der Waals surface area contributed by atoms with E-state index in [0.29, 0.717) is 24.2 Å². The predicted molar refractivity (Wildman–Crippen MR) is 77.9 cm³/mol. The maximum atomic E-state index is 11.8. The number of Topliss-reactive ketones (excluding diaryl/α,β-unsaturated/α-hetero) is 1. The third-order valence-electron chi connectivity index (χ3n) is 3.34. The summed E-state index contributed by atoms with van der Waals surface area (Å²) in [5, 5.41) is 11.7. The number of benzene rings is 1. The number of hydrogen-bond acceptors (Lipinski definition) is 4. The molecule has 1 aromatic carbocycles. The third kappa shape index (κ3) is 3.78. The van der Waals surface area contributed by atoms with Gasteiger partial charge in [0.05, 0.1) is 0 Å². The highest BCUT2D eigenvalue weighted by Crippen LogP contribution is 2.22. The monoisotopic (exact) mass is 287 g/mol. The van der Waals surface area contributed by atoms with Crippen LogP contribution < -0.4 is 5.32 Å². The van der Waals surface area contributed by atoms with Gasteiger partial charge >= 0.3 is 5.97 Å². The van der Waals surface area contributed by atoms with Gasteiger partial charge in [0.25, 0.3) is 0 Å². The van der Waals surface area contributed by atoms with Crippen molar-refractivity contribution in [3.8, 4) is 0 Å². The summed E-state index contributed by atoms with van der Waals surface area (Å²) in [6.07, 6.45) is 3.78. The molecule has 0 bridgehead atoms. The maximum absolute atomic E-state index is 11.8. The second kappa shape index (κ2) is 6.83. The largest absolute Gasteiger partial charge is 0.481 e. The molecular formula is C16H17NO4. The van der Waals surface area contributed by atoms with Crippen molar-refractivity contribution >= 4 is 23.2 Å². The zero-order valence-corrected chi connectivity index (χ0v) is 11.6. The van der Waals surface area contributed by atoms with Gasteiger partial charge in [-0.1, -0.05) is 30.7 Å². The summed E-state index contributed by atoms with van der Waals surface area (Å²) in [6, 6.07) is 7.02. The Morgan fingerprint density at radius 3 is 2.48 bits per heavy atom. The summed E-state index contributed by atoms with van der Waals surface area (Å²) in [4.78, 5) is 33.8. The van der Waals surface area contributed by atoms with E-state index in [4.69, 9.17) is 5.11 Å². The molecule has 0 spiro atoms. The lowest BCUT2D eigenvalue weighted by molar-refractivity contribution is -0.137. The normalized spacial score (nSPS) is 13.6. The number of carbonyl (C=O) groups excluding carboxylic acids is 2. The molecule has 0 fully saturated rings. The number of ketones is 2. The summed E-state index contributed by atoms with van der Waals surface area (Å²) < 4.78 is 0. The van der Waals surface area contributed by atoms with Gasteiger partial charge in [0.15, 0.2) is 0 Å². The van der Waals surface area contributed by atoms with Gasteiger partial charge in [-0.25, -0.2) is 0 Å². The Balaban J connectivity index is 1.91. The maximum Gasteiger partial charge on any atom is 0.303 e. The number of nitrogens with one attached hydrogen (secondary N) is 1. The fourth-order valence-corrected chi connectivity index (χ4v) is 2.27. The van der Waals surface area contributed by atoms with Gasteiger partial charge in [0, 0.05) is 35.9 Å². The van der Waals surface area contributed by atoms with Crippen LogP contribution in [0.5, 0.6) is 0 Å². The van der Waals surface area contributed by atoms with Crippen molar-refractivity contribution in [2.45, 2.75) is 25.7 Å². The number of carboxylic acid groups (broad SMARTS) is 1. The number of aliphatic carboxylic acids is 1. The molecule has 0 atom stereocenters. The molecule has 1 aliphatic carbocycles. The molecule has 0 aliphatic heterocycles. The minimum atomic E-state index is -0.781. The van der Waals surface area contributed by atoms with Crippen LogP contribution >= 0.6 is 0 Å². The zero-order valence-electron chi connectivity index (χ0n) is 11.6. The molecule has 5 nitrogen and oxygen atoms in total. The third-order valence-corrected chi connectivity index (χ3v) is 3.34. The Labute approximate surface area is 122 Å². The number of carbonyl (C=O) groups is 3. The first-order chi connectivity index (χ1) is 10.1. The van der Waals surface area contributed by atoms with Crippen LogP contribution in [0, 0.1) is 0 Å². The number of fused-ring (bicyclic) bond motifs is 1. The molecule has 0 amide bonds. The first-order valence-electron chi connectivity index (χ1n) is 6.95. The molecule has 0 unspecified atom stereocenters. The molecule has 1 aliphatic rings. The number of carboxylic acids is 1.